The van der Waals surface area contributed by atoms with Gasteiger partial charge in [0, 0.05) is 35.8 Å². The molecule has 0 saturated carbocycles. The van der Waals surface area contributed by atoms with Crippen molar-refractivity contribution >= 4 is 29.3 Å². The van der Waals surface area contributed by atoms with Gasteiger partial charge >= 0.3 is 0 Å². The normalized spacial score (nSPS) is 11.6. The highest BCUT2D eigenvalue weighted by Crippen LogP contribution is 2.24. The van der Waals surface area contributed by atoms with Crippen molar-refractivity contribution in [2.45, 2.75) is 33.6 Å². The second-order valence-electron chi connectivity index (χ2n) is 8.43. The Labute approximate surface area is 173 Å². The van der Waals surface area contributed by atoms with Gasteiger partial charge in [0.25, 0.3) is 0 Å². The van der Waals surface area contributed by atoms with Crippen LogP contribution in [0.2, 0.25) is 0 Å². The van der Waals surface area contributed by atoms with E-state index in [1.54, 1.807) is 6.20 Å². The first-order valence-corrected chi connectivity index (χ1v) is 9.98. The number of anilines is 2. The zero-order valence-corrected chi connectivity index (χ0v) is 17.4. The Hall–Kier alpha value is -3.20. The van der Waals surface area contributed by atoms with Crippen molar-refractivity contribution < 1.29 is 4.79 Å². The van der Waals surface area contributed by atoms with Gasteiger partial charge < -0.3 is 5.32 Å². The molecule has 0 atom stereocenters. The molecule has 0 spiro atoms. The van der Waals surface area contributed by atoms with Crippen LogP contribution in [0.4, 0.5) is 11.4 Å². The van der Waals surface area contributed by atoms with Crippen LogP contribution in [0.5, 0.6) is 0 Å². The SMILES string of the molecule is CC(C)(C)CCC(=O)c1cccc(Nc2ccc(/C=C/c3cccnc3)cc2)c1. The summed E-state index contributed by atoms with van der Waals surface area (Å²) < 4.78 is 0. The van der Waals surface area contributed by atoms with Crippen molar-refractivity contribution in [3.8, 4) is 0 Å². The van der Waals surface area contributed by atoms with Crippen molar-refractivity contribution in [2.24, 2.45) is 5.41 Å². The van der Waals surface area contributed by atoms with Crippen LogP contribution in [0.15, 0.2) is 73.1 Å². The largest absolute Gasteiger partial charge is 0.356 e. The number of nitrogens with zero attached hydrogens (tertiary/aromatic N) is 1. The van der Waals surface area contributed by atoms with Gasteiger partial charge in [-0.25, -0.2) is 0 Å². The van der Waals surface area contributed by atoms with E-state index in [-0.39, 0.29) is 11.2 Å². The summed E-state index contributed by atoms with van der Waals surface area (Å²) in [6, 6.07) is 19.9. The van der Waals surface area contributed by atoms with Gasteiger partial charge in [0.1, 0.15) is 0 Å². The Morgan fingerprint density at radius 2 is 1.69 bits per heavy atom. The number of benzene rings is 2. The lowest BCUT2D eigenvalue weighted by Crippen LogP contribution is -2.09. The summed E-state index contributed by atoms with van der Waals surface area (Å²) in [7, 11) is 0. The van der Waals surface area contributed by atoms with Crippen LogP contribution in [0.1, 0.15) is 55.1 Å². The first-order valence-electron chi connectivity index (χ1n) is 9.98. The third-order valence-electron chi connectivity index (χ3n) is 4.64. The molecule has 0 unspecified atom stereocenters. The molecule has 0 aliphatic heterocycles. The zero-order chi connectivity index (χ0) is 20.7. The van der Waals surface area contributed by atoms with Crippen molar-refractivity contribution in [3.63, 3.8) is 0 Å². The van der Waals surface area contributed by atoms with Crippen LogP contribution in [0, 0.1) is 5.41 Å². The number of Topliss-reactive ketones (excluding diaryl/α,β-unsaturated/α-hetero) is 1. The first-order chi connectivity index (χ1) is 13.9. The standard InChI is InChI=1S/C26H28N2O/c1-26(2,3)16-15-25(29)22-7-4-8-24(18-22)28-23-13-11-20(12-14-23)9-10-21-6-5-17-27-19-21/h4-14,17-19,28H,15-16H2,1-3H3/b10-9+. The average molecular weight is 385 g/mol. The lowest BCUT2D eigenvalue weighted by atomic mass is 9.88. The van der Waals surface area contributed by atoms with Crippen molar-refractivity contribution in [3.05, 3.63) is 89.7 Å². The molecule has 148 valence electrons. The number of nitrogens with one attached hydrogen (secondary N) is 1. The van der Waals surface area contributed by atoms with E-state index in [0.717, 1.165) is 34.5 Å². The second kappa shape index (κ2) is 9.33. The topological polar surface area (TPSA) is 42.0 Å². The molecule has 0 saturated heterocycles. The van der Waals surface area contributed by atoms with Crippen LogP contribution in [0.25, 0.3) is 12.2 Å². The summed E-state index contributed by atoms with van der Waals surface area (Å²) in [6.45, 7) is 6.48. The molecule has 0 aliphatic rings. The summed E-state index contributed by atoms with van der Waals surface area (Å²) in [5.74, 6) is 0.194. The predicted molar refractivity (Wildman–Crippen MR) is 122 cm³/mol. The summed E-state index contributed by atoms with van der Waals surface area (Å²) >= 11 is 0. The molecule has 0 aliphatic carbocycles. The third kappa shape index (κ3) is 6.72. The van der Waals surface area contributed by atoms with Gasteiger partial charge in [-0.2, -0.15) is 0 Å². The Balaban J connectivity index is 1.63. The Morgan fingerprint density at radius 3 is 2.38 bits per heavy atom. The molecular formula is C26H28N2O. The van der Waals surface area contributed by atoms with Gasteiger partial charge in [-0.05, 0) is 53.3 Å². The summed E-state index contributed by atoms with van der Waals surface area (Å²) in [5, 5.41) is 3.39. The summed E-state index contributed by atoms with van der Waals surface area (Å²) in [4.78, 5) is 16.6. The Morgan fingerprint density at radius 1 is 0.931 bits per heavy atom. The molecule has 0 fully saturated rings. The summed E-state index contributed by atoms with van der Waals surface area (Å²) in [5.41, 5.74) is 5.02. The van der Waals surface area contributed by atoms with Crippen molar-refractivity contribution in [2.75, 3.05) is 5.32 Å². The van der Waals surface area contributed by atoms with Crippen LogP contribution in [-0.2, 0) is 0 Å². The zero-order valence-electron chi connectivity index (χ0n) is 17.4. The number of carbonyl (C=O) groups excluding carboxylic acids is 1. The highest BCUT2D eigenvalue weighted by atomic mass is 16.1. The molecule has 0 bridgehead atoms. The van der Waals surface area contributed by atoms with Crippen molar-refractivity contribution in [1.82, 2.24) is 4.98 Å². The van der Waals surface area contributed by atoms with Gasteiger partial charge in [-0.1, -0.05) is 63.3 Å². The van der Waals surface area contributed by atoms with Gasteiger partial charge in [0.2, 0.25) is 0 Å². The molecule has 0 amide bonds. The maximum Gasteiger partial charge on any atom is 0.162 e. The molecule has 3 nitrogen and oxygen atoms in total. The van der Waals surface area contributed by atoms with Crippen LogP contribution < -0.4 is 5.32 Å². The lowest BCUT2D eigenvalue weighted by Gasteiger charge is -2.17. The maximum atomic E-state index is 12.5. The number of rotatable bonds is 7. The predicted octanol–water partition coefficient (Wildman–Crippen LogP) is 7.00. The molecule has 0 radical (unpaired) electrons. The molecule has 1 N–H and O–H groups in total. The molecule has 3 heteroatoms. The van der Waals surface area contributed by atoms with Gasteiger partial charge in [-0.15, -0.1) is 0 Å². The van der Waals surface area contributed by atoms with Gasteiger partial charge in [-0.3, -0.25) is 9.78 Å². The minimum Gasteiger partial charge on any atom is -0.356 e. The fourth-order valence-electron chi connectivity index (χ4n) is 2.91. The molecule has 3 aromatic rings. The minimum absolute atomic E-state index is 0.165. The van der Waals surface area contributed by atoms with Crippen LogP contribution >= 0.6 is 0 Å². The maximum absolute atomic E-state index is 12.5. The fourth-order valence-corrected chi connectivity index (χ4v) is 2.91. The molecule has 1 aromatic heterocycles. The van der Waals surface area contributed by atoms with E-state index in [0.29, 0.717) is 6.42 Å². The second-order valence-corrected chi connectivity index (χ2v) is 8.43. The Bertz CT molecular complexity index is 968. The smallest absolute Gasteiger partial charge is 0.162 e. The minimum atomic E-state index is 0.165. The van der Waals surface area contributed by atoms with Crippen LogP contribution in [-0.4, -0.2) is 10.8 Å². The number of carbonyl (C=O) groups is 1. The molecule has 1 heterocycles. The van der Waals surface area contributed by atoms with Gasteiger partial charge in [0.05, 0.1) is 0 Å². The van der Waals surface area contributed by atoms with Gasteiger partial charge in [0.15, 0.2) is 5.78 Å². The first kappa shape index (κ1) is 20.5. The fraction of sp³-hybridized carbons (Fsp3) is 0.231. The van der Waals surface area contributed by atoms with Crippen LogP contribution in [0.3, 0.4) is 0 Å². The monoisotopic (exact) mass is 384 g/mol. The van der Waals surface area contributed by atoms with E-state index in [1.807, 2.05) is 60.8 Å². The van der Waals surface area contributed by atoms with E-state index in [2.05, 4.69) is 49.3 Å². The number of hydrogen-bond acceptors (Lipinski definition) is 3. The highest BCUT2D eigenvalue weighted by Gasteiger charge is 2.14. The third-order valence-corrected chi connectivity index (χ3v) is 4.64. The highest BCUT2D eigenvalue weighted by molar-refractivity contribution is 5.97. The van der Waals surface area contributed by atoms with E-state index >= 15 is 0 Å². The quantitative estimate of drug-likeness (QED) is 0.446. The Kier molecular flexibility index (Phi) is 6.61. The molecule has 29 heavy (non-hydrogen) atoms. The number of pyridine rings is 1. The summed E-state index contributed by atoms with van der Waals surface area (Å²) in [6.07, 6.45) is 9.17. The number of hydrogen-bond donors (Lipinski definition) is 1. The van der Waals surface area contributed by atoms with E-state index in [1.165, 1.54) is 0 Å². The lowest BCUT2D eigenvalue weighted by molar-refractivity contribution is 0.0966. The number of ketones is 1. The van der Waals surface area contributed by atoms with E-state index in [4.69, 9.17) is 0 Å². The molecule has 2 aromatic carbocycles. The number of aromatic nitrogens is 1. The van der Waals surface area contributed by atoms with E-state index in [9.17, 15) is 4.79 Å². The van der Waals surface area contributed by atoms with Crippen molar-refractivity contribution in [1.29, 1.82) is 0 Å². The molecular weight excluding hydrogens is 356 g/mol. The average Bonchev–Trinajstić information content (AvgIpc) is 2.72. The molecule has 3 rings (SSSR count). The van der Waals surface area contributed by atoms with E-state index < -0.39 is 0 Å².